The lowest BCUT2D eigenvalue weighted by Gasteiger charge is -2.11. The van der Waals surface area contributed by atoms with E-state index in [4.69, 9.17) is 16.7 Å². The fraction of sp³-hybridized carbons (Fsp3) is 0.100. The van der Waals surface area contributed by atoms with Crippen LogP contribution in [0.25, 0.3) is 0 Å². The molecule has 2 N–H and O–H groups in total. The zero-order valence-corrected chi connectivity index (χ0v) is 8.46. The Morgan fingerprint density at radius 2 is 2.33 bits per heavy atom. The van der Waals surface area contributed by atoms with E-state index in [1.54, 1.807) is 0 Å². The van der Waals surface area contributed by atoms with Crippen LogP contribution in [0.5, 0.6) is 0 Å². The third-order valence-corrected chi connectivity index (χ3v) is 2.03. The predicted octanol–water partition coefficient (Wildman–Crippen LogP) is 2.53. The van der Waals surface area contributed by atoms with Gasteiger partial charge in [0.05, 0.1) is 5.02 Å². The van der Waals surface area contributed by atoms with E-state index in [0.717, 1.165) is 6.07 Å². The first-order valence-corrected chi connectivity index (χ1v) is 4.49. The average Bonchev–Trinajstić information content (AvgIpc) is 2.19. The van der Waals surface area contributed by atoms with E-state index in [2.05, 4.69) is 11.9 Å². The number of anilines is 1. The van der Waals surface area contributed by atoms with E-state index < -0.39 is 17.8 Å². The topological polar surface area (TPSA) is 49.3 Å². The molecule has 1 atom stereocenters. The summed E-state index contributed by atoms with van der Waals surface area (Å²) in [7, 11) is 0. The van der Waals surface area contributed by atoms with E-state index in [1.165, 1.54) is 18.2 Å². The molecule has 0 spiro atoms. The highest BCUT2D eigenvalue weighted by atomic mass is 35.5. The summed E-state index contributed by atoms with van der Waals surface area (Å²) < 4.78 is 12.8. The van der Waals surface area contributed by atoms with Crippen molar-refractivity contribution in [3.8, 4) is 0 Å². The maximum atomic E-state index is 12.8. The molecular weight excluding hydrogens is 221 g/mol. The molecule has 1 unspecified atom stereocenters. The van der Waals surface area contributed by atoms with Crippen molar-refractivity contribution >= 4 is 23.3 Å². The lowest BCUT2D eigenvalue weighted by atomic mass is 10.2. The Morgan fingerprint density at radius 1 is 1.67 bits per heavy atom. The van der Waals surface area contributed by atoms with Gasteiger partial charge in [0.15, 0.2) is 0 Å². The van der Waals surface area contributed by atoms with Gasteiger partial charge in [0.2, 0.25) is 0 Å². The summed E-state index contributed by atoms with van der Waals surface area (Å²) in [6.07, 6.45) is 1.24. The maximum Gasteiger partial charge on any atom is 0.330 e. The Bertz CT molecular complexity index is 395. The van der Waals surface area contributed by atoms with E-state index in [9.17, 15) is 9.18 Å². The zero-order valence-electron chi connectivity index (χ0n) is 7.71. The first kappa shape index (κ1) is 11.5. The lowest BCUT2D eigenvalue weighted by molar-refractivity contribution is -0.136. The van der Waals surface area contributed by atoms with Gasteiger partial charge in [-0.3, -0.25) is 0 Å². The van der Waals surface area contributed by atoms with Gasteiger partial charge < -0.3 is 10.4 Å². The van der Waals surface area contributed by atoms with Crippen molar-refractivity contribution in [3.63, 3.8) is 0 Å². The van der Waals surface area contributed by atoms with Crippen molar-refractivity contribution in [1.29, 1.82) is 0 Å². The Balaban J connectivity index is 2.84. The standard InChI is InChI=1S/C10H9ClFNO2/c1-2-9(10(14)15)13-6-3-4-8(12)7(11)5-6/h2-5,9,13H,1H2,(H,14,15). The molecule has 3 nitrogen and oxygen atoms in total. The van der Waals surface area contributed by atoms with Crippen molar-refractivity contribution in [3.05, 3.63) is 41.7 Å². The SMILES string of the molecule is C=CC(Nc1ccc(F)c(Cl)c1)C(=O)O. The highest BCUT2D eigenvalue weighted by molar-refractivity contribution is 6.31. The quantitative estimate of drug-likeness (QED) is 0.780. The summed E-state index contributed by atoms with van der Waals surface area (Å²) in [4.78, 5) is 10.6. The molecule has 0 heterocycles. The second kappa shape index (κ2) is 4.79. The van der Waals surface area contributed by atoms with Gasteiger partial charge in [-0.25, -0.2) is 9.18 Å². The molecule has 0 saturated carbocycles. The zero-order chi connectivity index (χ0) is 11.4. The first-order chi connectivity index (χ1) is 7.04. The van der Waals surface area contributed by atoms with E-state index in [0.29, 0.717) is 5.69 Å². The van der Waals surface area contributed by atoms with Gasteiger partial charge in [-0.15, -0.1) is 6.58 Å². The van der Waals surface area contributed by atoms with Gasteiger partial charge in [-0.2, -0.15) is 0 Å². The van der Waals surface area contributed by atoms with E-state index >= 15 is 0 Å². The van der Waals surface area contributed by atoms with Crippen molar-refractivity contribution in [1.82, 2.24) is 0 Å². The van der Waals surface area contributed by atoms with Crippen LogP contribution < -0.4 is 5.32 Å². The number of rotatable bonds is 4. The van der Waals surface area contributed by atoms with Gasteiger partial charge in [-0.1, -0.05) is 17.7 Å². The molecule has 15 heavy (non-hydrogen) atoms. The minimum atomic E-state index is -1.06. The number of hydrogen-bond acceptors (Lipinski definition) is 2. The largest absolute Gasteiger partial charge is 0.479 e. The van der Waals surface area contributed by atoms with Gasteiger partial charge in [0, 0.05) is 5.69 Å². The number of carboxylic acid groups (broad SMARTS) is 1. The molecule has 0 radical (unpaired) electrons. The smallest absolute Gasteiger partial charge is 0.330 e. The molecule has 0 saturated heterocycles. The highest BCUT2D eigenvalue weighted by Crippen LogP contribution is 2.19. The Hall–Kier alpha value is -1.55. The molecule has 0 aromatic heterocycles. The number of aliphatic carboxylic acids is 1. The maximum absolute atomic E-state index is 12.8. The van der Waals surface area contributed by atoms with Gasteiger partial charge in [-0.05, 0) is 18.2 Å². The minimum Gasteiger partial charge on any atom is -0.479 e. The summed E-state index contributed by atoms with van der Waals surface area (Å²) in [6.45, 7) is 3.37. The van der Waals surface area contributed by atoms with E-state index in [1.807, 2.05) is 0 Å². The van der Waals surface area contributed by atoms with Crippen LogP contribution in [0.4, 0.5) is 10.1 Å². The molecule has 0 bridgehead atoms. The molecule has 0 fully saturated rings. The minimum absolute atomic E-state index is 0.0619. The molecule has 0 aliphatic rings. The summed E-state index contributed by atoms with van der Waals surface area (Å²) in [5.41, 5.74) is 0.425. The third kappa shape index (κ3) is 2.95. The van der Waals surface area contributed by atoms with Crippen LogP contribution in [0.3, 0.4) is 0 Å². The number of carboxylic acids is 1. The number of carbonyl (C=O) groups is 1. The van der Waals surface area contributed by atoms with Crippen LogP contribution in [0.15, 0.2) is 30.9 Å². The summed E-state index contributed by atoms with van der Waals surface area (Å²) >= 11 is 5.53. The number of hydrogen-bond donors (Lipinski definition) is 2. The van der Waals surface area contributed by atoms with Crippen LogP contribution in [-0.2, 0) is 4.79 Å². The molecule has 1 aromatic carbocycles. The van der Waals surface area contributed by atoms with Crippen molar-refractivity contribution < 1.29 is 14.3 Å². The summed E-state index contributed by atoms with van der Waals surface area (Å²) in [6, 6.07) is 2.95. The van der Waals surface area contributed by atoms with Crippen molar-refractivity contribution in [2.24, 2.45) is 0 Å². The van der Waals surface area contributed by atoms with Crippen LogP contribution in [0, 0.1) is 5.82 Å². The normalized spacial score (nSPS) is 11.9. The fourth-order valence-corrected chi connectivity index (χ4v) is 1.17. The van der Waals surface area contributed by atoms with Crippen LogP contribution in [-0.4, -0.2) is 17.1 Å². The van der Waals surface area contributed by atoms with Gasteiger partial charge in [0.1, 0.15) is 11.9 Å². The molecule has 80 valence electrons. The molecule has 0 amide bonds. The molecular formula is C10H9ClFNO2. The van der Waals surface area contributed by atoms with Crippen molar-refractivity contribution in [2.45, 2.75) is 6.04 Å². The highest BCUT2D eigenvalue weighted by Gasteiger charge is 2.12. The molecule has 1 rings (SSSR count). The summed E-state index contributed by atoms with van der Waals surface area (Å²) in [5, 5.41) is 11.3. The second-order valence-electron chi connectivity index (χ2n) is 2.82. The molecule has 0 aliphatic heterocycles. The molecule has 5 heteroatoms. The Labute approximate surface area is 91.2 Å². The molecule has 0 aliphatic carbocycles. The Morgan fingerprint density at radius 3 is 2.80 bits per heavy atom. The number of benzene rings is 1. The van der Waals surface area contributed by atoms with Crippen LogP contribution in [0.2, 0.25) is 5.02 Å². The predicted molar refractivity (Wildman–Crippen MR) is 56.7 cm³/mol. The van der Waals surface area contributed by atoms with E-state index in [-0.39, 0.29) is 5.02 Å². The number of halogens is 2. The monoisotopic (exact) mass is 229 g/mol. The van der Waals surface area contributed by atoms with Gasteiger partial charge >= 0.3 is 5.97 Å². The Kier molecular flexibility index (Phi) is 3.68. The second-order valence-corrected chi connectivity index (χ2v) is 3.23. The fourth-order valence-electron chi connectivity index (χ4n) is 0.987. The average molecular weight is 230 g/mol. The first-order valence-electron chi connectivity index (χ1n) is 4.11. The molecule has 1 aromatic rings. The van der Waals surface area contributed by atoms with Crippen LogP contribution in [0.1, 0.15) is 0 Å². The number of nitrogens with one attached hydrogen (secondary N) is 1. The lowest BCUT2D eigenvalue weighted by Crippen LogP contribution is -2.26. The third-order valence-electron chi connectivity index (χ3n) is 1.74. The van der Waals surface area contributed by atoms with Gasteiger partial charge in [0.25, 0.3) is 0 Å². The van der Waals surface area contributed by atoms with Crippen LogP contribution >= 0.6 is 11.6 Å². The van der Waals surface area contributed by atoms with Crippen molar-refractivity contribution in [2.75, 3.05) is 5.32 Å². The summed E-state index contributed by atoms with van der Waals surface area (Å²) in [5.74, 6) is -1.61.